The number of nitrogens with zero attached hydrogens (tertiary/aromatic N) is 1. The molecule has 9 nitrogen and oxygen atoms in total. The number of carbonyl (C=O) groups excluding carboxylic acids is 1. The summed E-state index contributed by atoms with van der Waals surface area (Å²) in [6, 6.07) is 18.5. The molecule has 1 amide bonds. The summed E-state index contributed by atoms with van der Waals surface area (Å²) < 4.78 is 46.3. The molecule has 202 valence electrons. The number of sulfonamides is 1. The van der Waals surface area contributed by atoms with E-state index in [0.29, 0.717) is 67.0 Å². The zero-order valence-corrected chi connectivity index (χ0v) is 22.4. The molecule has 4 rings (SSSR count). The van der Waals surface area contributed by atoms with Gasteiger partial charge in [-0.2, -0.15) is 0 Å². The number of hydrogen-bond donors (Lipinski definition) is 2. The van der Waals surface area contributed by atoms with E-state index in [-0.39, 0.29) is 10.8 Å². The van der Waals surface area contributed by atoms with Gasteiger partial charge in [0.05, 0.1) is 38.3 Å². The lowest BCUT2D eigenvalue weighted by Crippen LogP contribution is -2.37. The molecule has 0 radical (unpaired) electrons. The van der Waals surface area contributed by atoms with Crippen molar-refractivity contribution in [1.82, 2.24) is 0 Å². The van der Waals surface area contributed by atoms with Crippen molar-refractivity contribution in [3.05, 3.63) is 72.3 Å². The minimum absolute atomic E-state index is 0.0442. The van der Waals surface area contributed by atoms with Crippen molar-refractivity contribution in [3.63, 3.8) is 0 Å². The van der Waals surface area contributed by atoms with E-state index in [1.807, 2.05) is 4.90 Å². The fourth-order valence-electron chi connectivity index (χ4n) is 4.04. The van der Waals surface area contributed by atoms with Gasteiger partial charge in [0.15, 0.2) is 0 Å². The van der Waals surface area contributed by atoms with Crippen molar-refractivity contribution >= 4 is 33.0 Å². The number of carbonyl (C=O) groups is 1. The van der Waals surface area contributed by atoms with Gasteiger partial charge < -0.3 is 24.4 Å². The van der Waals surface area contributed by atoms with Crippen LogP contribution in [0.1, 0.15) is 30.1 Å². The molecular weight excluding hydrogens is 506 g/mol. The predicted molar refractivity (Wildman–Crippen MR) is 148 cm³/mol. The maximum atomic E-state index is 13.6. The lowest BCUT2D eigenvalue weighted by atomic mass is 10.2. The van der Waals surface area contributed by atoms with Crippen molar-refractivity contribution in [3.8, 4) is 11.5 Å². The number of anilines is 3. The molecule has 0 unspecified atom stereocenters. The molecule has 0 atom stereocenters. The topological polar surface area (TPSA) is 106 Å². The second kappa shape index (κ2) is 12.7. The Bertz CT molecular complexity index is 1340. The molecule has 2 N–H and O–H groups in total. The SMILES string of the molecule is CCCCOc1ccc(C(=O)Nc2ccc(N3CCOCC3)c(S(=O)(=O)Nc3ccccc3OC)c2)cc1. The molecule has 3 aromatic rings. The summed E-state index contributed by atoms with van der Waals surface area (Å²) in [6.07, 6.45) is 2.00. The molecule has 0 bridgehead atoms. The highest BCUT2D eigenvalue weighted by Crippen LogP contribution is 2.33. The first-order chi connectivity index (χ1) is 18.4. The minimum atomic E-state index is -4.05. The smallest absolute Gasteiger partial charge is 0.264 e. The Balaban J connectivity index is 1.60. The number of amides is 1. The molecular formula is C28H33N3O6S. The zero-order valence-electron chi connectivity index (χ0n) is 21.6. The van der Waals surface area contributed by atoms with E-state index < -0.39 is 10.0 Å². The fourth-order valence-corrected chi connectivity index (χ4v) is 5.36. The lowest BCUT2D eigenvalue weighted by molar-refractivity contribution is 0.102. The van der Waals surface area contributed by atoms with Crippen LogP contribution < -0.4 is 24.4 Å². The maximum absolute atomic E-state index is 13.6. The number of rotatable bonds is 11. The Hall–Kier alpha value is -3.76. The highest BCUT2D eigenvalue weighted by Gasteiger charge is 2.25. The molecule has 3 aromatic carbocycles. The molecule has 0 spiro atoms. The van der Waals surface area contributed by atoms with E-state index in [9.17, 15) is 13.2 Å². The van der Waals surface area contributed by atoms with Crippen LogP contribution >= 0.6 is 0 Å². The third kappa shape index (κ3) is 6.76. The van der Waals surface area contributed by atoms with E-state index in [0.717, 1.165) is 12.8 Å². The van der Waals surface area contributed by atoms with E-state index >= 15 is 0 Å². The first-order valence-corrected chi connectivity index (χ1v) is 14.1. The fraction of sp³-hybridized carbons (Fsp3) is 0.321. The molecule has 38 heavy (non-hydrogen) atoms. The summed E-state index contributed by atoms with van der Waals surface area (Å²) in [7, 11) is -2.57. The van der Waals surface area contributed by atoms with Gasteiger partial charge in [-0.15, -0.1) is 0 Å². The van der Waals surface area contributed by atoms with Crippen LogP contribution in [0.5, 0.6) is 11.5 Å². The van der Waals surface area contributed by atoms with Gasteiger partial charge >= 0.3 is 0 Å². The third-order valence-electron chi connectivity index (χ3n) is 6.09. The third-order valence-corrected chi connectivity index (χ3v) is 7.49. The minimum Gasteiger partial charge on any atom is -0.495 e. The number of ether oxygens (including phenoxy) is 3. The van der Waals surface area contributed by atoms with Crippen LogP contribution in [0.25, 0.3) is 0 Å². The van der Waals surface area contributed by atoms with Crippen LogP contribution in [-0.2, 0) is 14.8 Å². The highest BCUT2D eigenvalue weighted by atomic mass is 32.2. The number of nitrogens with one attached hydrogen (secondary N) is 2. The second-order valence-corrected chi connectivity index (χ2v) is 10.4. The predicted octanol–water partition coefficient (Wildman–Crippen LogP) is 4.76. The summed E-state index contributed by atoms with van der Waals surface area (Å²) in [5, 5.41) is 2.82. The Morgan fingerprint density at radius 1 is 1.03 bits per heavy atom. The van der Waals surface area contributed by atoms with Crippen LogP contribution in [0.15, 0.2) is 71.6 Å². The summed E-state index contributed by atoms with van der Waals surface area (Å²) >= 11 is 0. The van der Waals surface area contributed by atoms with Crippen LogP contribution in [0.3, 0.4) is 0 Å². The van der Waals surface area contributed by atoms with E-state index in [4.69, 9.17) is 14.2 Å². The second-order valence-electron chi connectivity index (χ2n) is 8.77. The lowest BCUT2D eigenvalue weighted by Gasteiger charge is -2.30. The summed E-state index contributed by atoms with van der Waals surface area (Å²) in [4.78, 5) is 15.0. The van der Waals surface area contributed by atoms with Crippen molar-refractivity contribution in [2.24, 2.45) is 0 Å². The molecule has 1 aliphatic heterocycles. The van der Waals surface area contributed by atoms with E-state index in [2.05, 4.69) is 17.0 Å². The normalized spacial score (nSPS) is 13.6. The van der Waals surface area contributed by atoms with Crippen molar-refractivity contribution < 1.29 is 27.4 Å². The number of unbranched alkanes of at least 4 members (excludes halogenated alkanes) is 1. The van der Waals surface area contributed by atoms with Gasteiger partial charge in [0.2, 0.25) is 0 Å². The Morgan fingerprint density at radius 3 is 2.47 bits per heavy atom. The van der Waals surface area contributed by atoms with Crippen LogP contribution in [-0.4, -0.2) is 54.3 Å². The van der Waals surface area contributed by atoms with Crippen molar-refractivity contribution in [2.75, 3.05) is 55.0 Å². The molecule has 0 aliphatic carbocycles. The summed E-state index contributed by atoms with van der Waals surface area (Å²) in [5.41, 5.74) is 1.64. The Morgan fingerprint density at radius 2 is 1.76 bits per heavy atom. The average molecular weight is 540 g/mol. The van der Waals surface area contributed by atoms with Gasteiger partial charge in [0.25, 0.3) is 15.9 Å². The highest BCUT2D eigenvalue weighted by molar-refractivity contribution is 7.93. The number of hydrogen-bond acceptors (Lipinski definition) is 7. The largest absolute Gasteiger partial charge is 0.495 e. The summed E-state index contributed by atoms with van der Waals surface area (Å²) in [6.45, 7) is 4.81. The van der Waals surface area contributed by atoms with E-state index in [1.54, 1.807) is 60.7 Å². The van der Waals surface area contributed by atoms with Gasteiger partial charge in [-0.05, 0) is 61.0 Å². The van der Waals surface area contributed by atoms with Crippen LogP contribution in [0.2, 0.25) is 0 Å². The van der Waals surface area contributed by atoms with Gasteiger partial charge in [0, 0.05) is 24.3 Å². The molecule has 1 aliphatic rings. The quantitative estimate of drug-likeness (QED) is 0.338. The van der Waals surface area contributed by atoms with Crippen molar-refractivity contribution in [1.29, 1.82) is 0 Å². The molecule has 1 saturated heterocycles. The monoisotopic (exact) mass is 539 g/mol. The summed E-state index contributed by atoms with van der Waals surface area (Å²) in [5.74, 6) is 0.738. The van der Waals surface area contributed by atoms with Crippen LogP contribution in [0.4, 0.5) is 17.1 Å². The number of methoxy groups -OCH3 is 1. The maximum Gasteiger partial charge on any atom is 0.264 e. The molecule has 0 saturated carbocycles. The number of morpholine rings is 1. The Kier molecular flexibility index (Phi) is 9.09. The van der Waals surface area contributed by atoms with Gasteiger partial charge in [-0.3, -0.25) is 9.52 Å². The first-order valence-electron chi connectivity index (χ1n) is 12.6. The average Bonchev–Trinajstić information content (AvgIpc) is 2.94. The Labute approximate surface area is 223 Å². The van der Waals surface area contributed by atoms with Gasteiger partial charge in [-0.25, -0.2) is 8.42 Å². The number of para-hydroxylation sites is 2. The number of benzene rings is 3. The first kappa shape index (κ1) is 27.3. The van der Waals surface area contributed by atoms with Gasteiger partial charge in [0.1, 0.15) is 16.4 Å². The van der Waals surface area contributed by atoms with Gasteiger partial charge in [-0.1, -0.05) is 25.5 Å². The molecule has 1 heterocycles. The van der Waals surface area contributed by atoms with Crippen LogP contribution in [0, 0.1) is 0 Å². The molecule has 0 aromatic heterocycles. The van der Waals surface area contributed by atoms with E-state index in [1.165, 1.54) is 13.2 Å². The molecule has 10 heteroatoms. The van der Waals surface area contributed by atoms with Crippen molar-refractivity contribution in [2.45, 2.75) is 24.7 Å². The standard InChI is InChI=1S/C28H33N3O6S/c1-3-4-17-37-23-12-9-21(10-13-23)28(32)29-22-11-14-25(31-15-18-36-19-16-31)27(20-22)38(33,34)30-24-7-5-6-8-26(24)35-2/h5-14,20,30H,3-4,15-19H2,1-2H3,(H,29,32). The molecule has 1 fully saturated rings. The zero-order chi connectivity index (χ0) is 27.0.